The molecule has 0 saturated heterocycles. The summed E-state index contributed by atoms with van der Waals surface area (Å²) in [5, 5.41) is 5.17. The number of amides is 1. The Morgan fingerprint density at radius 2 is 1.71 bits per heavy atom. The van der Waals surface area contributed by atoms with Gasteiger partial charge in [0.05, 0.1) is 19.9 Å². The third-order valence-corrected chi connectivity index (χ3v) is 4.22. The number of hydrogen-bond donors (Lipinski definition) is 0. The lowest BCUT2D eigenvalue weighted by Crippen LogP contribution is -2.30. The van der Waals surface area contributed by atoms with E-state index in [0.717, 1.165) is 22.3 Å². The van der Waals surface area contributed by atoms with Crippen LogP contribution in [0.25, 0.3) is 0 Å². The fraction of sp³-hybridized carbons (Fsp3) is 0.250. The van der Waals surface area contributed by atoms with E-state index in [-0.39, 0.29) is 10.6 Å². The van der Waals surface area contributed by atoms with Gasteiger partial charge in [-0.25, -0.2) is 9.59 Å². The van der Waals surface area contributed by atoms with E-state index >= 15 is 0 Å². The van der Waals surface area contributed by atoms with Crippen LogP contribution < -0.4 is 0 Å². The van der Waals surface area contributed by atoms with Gasteiger partial charge in [0.25, 0.3) is 0 Å². The Bertz CT molecular complexity index is 727. The van der Waals surface area contributed by atoms with Gasteiger partial charge >= 0.3 is 11.9 Å². The Labute approximate surface area is 143 Å². The molecule has 1 aliphatic rings. The van der Waals surface area contributed by atoms with Gasteiger partial charge < -0.3 is 9.47 Å². The minimum atomic E-state index is -0.837. The Kier molecular flexibility index (Phi) is 5.75. The van der Waals surface area contributed by atoms with Gasteiger partial charge in [0.15, 0.2) is 5.70 Å². The molecule has 1 aliphatic heterocycles. The predicted octanol–water partition coefficient (Wildman–Crippen LogP) is 1.54. The molecule has 0 radical (unpaired) electrons. The van der Waals surface area contributed by atoms with E-state index in [0.29, 0.717) is 11.5 Å². The number of hydrazone groups is 1. The van der Waals surface area contributed by atoms with Gasteiger partial charge in [0.2, 0.25) is 5.91 Å². The van der Waals surface area contributed by atoms with E-state index < -0.39 is 17.8 Å². The topological polar surface area (TPSA) is 85.3 Å². The van der Waals surface area contributed by atoms with Crippen LogP contribution in [0.3, 0.4) is 0 Å². The smallest absolute Gasteiger partial charge is 0.358 e. The minimum Gasteiger partial charge on any atom is -0.465 e. The highest BCUT2D eigenvalue weighted by Gasteiger charge is 2.33. The number of carbonyl (C=O) groups is 3. The lowest BCUT2D eigenvalue weighted by atomic mass is 10.1. The number of esters is 2. The summed E-state index contributed by atoms with van der Waals surface area (Å²) in [5.74, 6) is -1.79. The van der Waals surface area contributed by atoms with Gasteiger partial charge in [-0.15, -0.1) is 11.8 Å². The lowest BCUT2D eigenvalue weighted by molar-refractivity contribution is -0.142. The molecule has 0 saturated carbocycles. The molecule has 0 unspecified atom stereocenters. The van der Waals surface area contributed by atoms with Gasteiger partial charge in [-0.2, -0.15) is 10.1 Å². The van der Waals surface area contributed by atoms with Crippen molar-refractivity contribution in [3.05, 3.63) is 46.5 Å². The van der Waals surface area contributed by atoms with Crippen molar-refractivity contribution in [3.63, 3.8) is 0 Å². The molecule has 0 aliphatic carbocycles. The van der Waals surface area contributed by atoms with E-state index in [4.69, 9.17) is 9.47 Å². The highest BCUT2D eigenvalue weighted by atomic mass is 32.2. The maximum atomic E-state index is 12.1. The first-order chi connectivity index (χ1) is 11.5. The molecule has 1 aromatic rings. The van der Waals surface area contributed by atoms with Gasteiger partial charge in [-0.3, -0.25) is 4.79 Å². The van der Waals surface area contributed by atoms with Crippen LogP contribution in [0.4, 0.5) is 0 Å². The molecule has 0 atom stereocenters. The molecule has 0 N–H and O–H groups in total. The molecule has 1 heterocycles. The molecule has 126 valence electrons. The summed E-state index contributed by atoms with van der Waals surface area (Å²) in [5.41, 5.74) is 1.09. The number of carbonyl (C=O) groups excluding carboxylic acids is 3. The van der Waals surface area contributed by atoms with Crippen molar-refractivity contribution < 1.29 is 23.9 Å². The number of thioether (sulfide) groups is 1. The van der Waals surface area contributed by atoms with Crippen molar-refractivity contribution in [1.82, 2.24) is 5.01 Å². The summed E-state index contributed by atoms with van der Waals surface area (Å²) in [4.78, 5) is 36.2. The maximum absolute atomic E-state index is 12.1. The van der Waals surface area contributed by atoms with E-state index in [1.165, 1.54) is 21.1 Å². The maximum Gasteiger partial charge on any atom is 0.358 e. The fourth-order valence-corrected chi connectivity index (χ4v) is 3.04. The number of ether oxygens (including phenoxy) is 2. The summed E-state index contributed by atoms with van der Waals surface area (Å²) in [6, 6.07) is 9.19. The van der Waals surface area contributed by atoms with Gasteiger partial charge in [0.1, 0.15) is 4.91 Å². The average molecular weight is 348 g/mol. The quantitative estimate of drug-likeness (QED) is 0.771. The molecule has 8 heteroatoms. The molecular formula is C16H16N2O5S. The number of hydrogen-bond acceptors (Lipinski definition) is 7. The SMILES string of the molecule is COC(=O)C1=C(C(=O)OC)N(C(C)=O)N=C(c2ccccc2)CS1. The van der Waals surface area contributed by atoms with Crippen LogP contribution in [0.5, 0.6) is 0 Å². The van der Waals surface area contributed by atoms with Crippen LogP contribution in [0, 0.1) is 0 Å². The normalized spacial score (nSPS) is 14.6. The monoisotopic (exact) mass is 348 g/mol. The van der Waals surface area contributed by atoms with Crippen molar-refractivity contribution in [1.29, 1.82) is 0 Å². The molecule has 1 amide bonds. The van der Waals surface area contributed by atoms with Crippen molar-refractivity contribution in [2.45, 2.75) is 6.92 Å². The average Bonchev–Trinajstić information content (AvgIpc) is 2.81. The lowest BCUT2D eigenvalue weighted by Gasteiger charge is -2.18. The van der Waals surface area contributed by atoms with E-state index in [1.807, 2.05) is 30.3 Å². The highest BCUT2D eigenvalue weighted by Crippen LogP contribution is 2.29. The zero-order chi connectivity index (χ0) is 17.7. The largest absolute Gasteiger partial charge is 0.465 e. The highest BCUT2D eigenvalue weighted by molar-refractivity contribution is 8.04. The van der Waals surface area contributed by atoms with Crippen molar-refractivity contribution in [2.24, 2.45) is 5.10 Å². The molecule has 1 aromatic carbocycles. The summed E-state index contributed by atoms with van der Waals surface area (Å²) in [6.07, 6.45) is 0. The van der Waals surface area contributed by atoms with Gasteiger partial charge in [0, 0.05) is 12.7 Å². The number of methoxy groups -OCH3 is 2. The minimum absolute atomic E-state index is 0.0192. The number of nitrogens with zero attached hydrogens (tertiary/aromatic N) is 2. The molecule has 7 nitrogen and oxygen atoms in total. The summed E-state index contributed by atoms with van der Waals surface area (Å²) >= 11 is 1.07. The summed E-state index contributed by atoms with van der Waals surface area (Å²) in [7, 11) is 2.37. The standard InChI is InChI=1S/C16H16N2O5S/c1-10(19)18-13(15(20)22-2)14(16(21)23-3)24-9-12(17-18)11-7-5-4-6-8-11/h4-8H,9H2,1-3H3. The fourth-order valence-electron chi connectivity index (χ4n) is 2.03. The first-order valence-corrected chi connectivity index (χ1v) is 7.95. The third-order valence-electron chi connectivity index (χ3n) is 3.16. The van der Waals surface area contributed by atoms with Gasteiger partial charge in [-0.1, -0.05) is 30.3 Å². The van der Waals surface area contributed by atoms with Crippen molar-refractivity contribution in [2.75, 3.05) is 20.0 Å². The van der Waals surface area contributed by atoms with E-state index in [1.54, 1.807) is 0 Å². The first kappa shape index (κ1) is 17.7. The Hall–Kier alpha value is -2.61. The molecule has 0 aromatic heterocycles. The molecule has 24 heavy (non-hydrogen) atoms. The summed E-state index contributed by atoms with van der Waals surface area (Å²) < 4.78 is 9.44. The van der Waals surface area contributed by atoms with E-state index in [9.17, 15) is 14.4 Å². The molecule has 0 fully saturated rings. The van der Waals surface area contributed by atoms with Crippen molar-refractivity contribution in [3.8, 4) is 0 Å². The second-order valence-corrected chi connectivity index (χ2v) is 5.68. The zero-order valence-corrected chi connectivity index (χ0v) is 14.3. The molecule has 0 bridgehead atoms. The van der Waals surface area contributed by atoms with Crippen LogP contribution in [0.15, 0.2) is 46.0 Å². The summed E-state index contributed by atoms with van der Waals surface area (Å²) in [6.45, 7) is 1.25. The van der Waals surface area contributed by atoms with E-state index in [2.05, 4.69) is 5.10 Å². The molecule has 0 spiro atoms. The second kappa shape index (κ2) is 7.78. The second-order valence-electron chi connectivity index (χ2n) is 4.69. The first-order valence-electron chi connectivity index (χ1n) is 6.96. The van der Waals surface area contributed by atoms with Crippen molar-refractivity contribution >= 4 is 35.3 Å². The zero-order valence-electron chi connectivity index (χ0n) is 13.4. The Morgan fingerprint density at radius 1 is 1.08 bits per heavy atom. The van der Waals surface area contributed by atoms with Crippen LogP contribution in [0.1, 0.15) is 12.5 Å². The predicted molar refractivity (Wildman–Crippen MR) is 89.0 cm³/mol. The number of rotatable bonds is 3. The Balaban J connectivity index is 2.58. The van der Waals surface area contributed by atoms with Crippen LogP contribution >= 0.6 is 11.8 Å². The van der Waals surface area contributed by atoms with Crippen LogP contribution in [-0.4, -0.2) is 48.5 Å². The molecule has 2 rings (SSSR count). The third kappa shape index (κ3) is 3.65. The van der Waals surface area contributed by atoms with Gasteiger partial charge in [-0.05, 0) is 5.56 Å². The number of benzene rings is 1. The van der Waals surface area contributed by atoms with Crippen LogP contribution in [0.2, 0.25) is 0 Å². The van der Waals surface area contributed by atoms with Crippen LogP contribution in [-0.2, 0) is 23.9 Å². The Morgan fingerprint density at radius 3 is 2.25 bits per heavy atom. The molecular weight excluding hydrogens is 332 g/mol.